The number of nitrogens with one attached hydrogen (secondary N) is 1. The molecule has 2 rings (SSSR count). The molecule has 0 saturated heterocycles. The molecular formula is C13H15BrN2S. The second-order valence-corrected chi connectivity index (χ2v) is 5.89. The number of pyridine rings is 1. The van der Waals surface area contributed by atoms with Gasteiger partial charge in [0, 0.05) is 34.2 Å². The predicted molar refractivity (Wildman–Crippen MR) is 76.5 cm³/mol. The zero-order valence-electron chi connectivity index (χ0n) is 9.90. The van der Waals surface area contributed by atoms with Crippen LogP contribution >= 0.6 is 27.3 Å². The molecule has 0 spiro atoms. The van der Waals surface area contributed by atoms with Gasteiger partial charge in [-0.2, -0.15) is 0 Å². The fraction of sp³-hybridized carbons (Fsp3) is 0.308. The lowest BCUT2D eigenvalue weighted by molar-refractivity contribution is 0.593. The Bertz CT molecular complexity index is 496. The van der Waals surface area contributed by atoms with E-state index in [4.69, 9.17) is 0 Å². The van der Waals surface area contributed by atoms with Crippen molar-refractivity contribution in [2.75, 3.05) is 7.05 Å². The Hall–Kier alpha value is -0.710. The lowest BCUT2D eigenvalue weighted by Gasteiger charge is -2.16. The number of rotatable bonds is 4. The topological polar surface area (TPSA) is 24.9 Å². The maximum absolute atomic E-state index is 4.26. The van der Waals surface area contributed by atoms with Crippen LogP contribution in [0.4, 0.5) is 0 Å². The molecule has 1 atom stereocenters. The van der Waals surface area contributed by atoms with Crippen molar-refractivity contribution in [3.8, 4) is 0 Å². The van der Waals surface area contributed by atoms with Gasteiger partial charge >= 0.3 is 0 Å². The first-order valence-electron chi connectivity index (χ1n) is 5.51. The summed E-state index contributed by atoms with van der Waals surface area (Å²) in [4.78, 5) is 5.62. The first-order chi connectivity index (χ1) is 8.20. The summed E-state index contributed by atoms with van der Waals surface area (Å²) in [5.41, 5.74) is 2.45. The Morgan fingerprint density at radius 2 is 2.29 bits per heavy atom. The Kier molecular flexibility index (Phi) is 4.31. The molecule has 2 aromatic heterocycles. The summed E-state index contributed by atoms with van der Waals surface area (Å²) >= 11 is 5.36. The van der Waals surface area contributed by atoms with Crippen molar-refractivity contribution in [3.05, 3.63) is 50.4 Å². The summed E-state index contributed by atoms with van der Waals surface area (Å²) in [6.07, 6.45) is 4.81. The molecule has 0 saturated carbocycles. The molecule has 0 aliphatic heterocycles. The van der Waals surface area contributed by atoms with Crippen LogP contribution in [-0.2, 0) is 6.42 Å². The number of hydrogen-bond donors (Lipinski definition) is 1. The smallest absolute Gasteiger partial charge is 0.0382 e. The Balaban J connectivity index is 2.20. The van der Waals surface area contributed by atoms with E-state index < -0.39 is 0 Å². The second kappa shape index (κ2) is 5.76. The quantitative estimate of drug-likeness (QED) is 0.931. The van der Waals surface area contributed by atoms with E-state index in [2.05, 4.69) is 50.7 Å². The Morgan fingerprint density at radius 1 is 1.47 bits per heavy atom. The van der Waals surface area contributed by atoms with E-state index in [0.29, 0.717) is 6.04 Å². The average Bonchev–Trinajstić information content (AvgIpc) is 2.71. The van der Waals surface area contributed by atoms with Crippen molar-refractivity contribution in [1.82, 2.24) is 10.3 Å². The largest absolute Gasteiger partial charge is 0.313 e. The van der Waals surface area contributed by atoms with Crippen LogP contribution in [0, 0.1) is 6.92 Å². The number of halogens is 1. The summed E-state index contributed by atoms with van der Waals surface area (Å²) in [6, 6.07) is 4.61. The van der Waals surface area contributed by atoms with Gasteiger partial charge in [-0.3, -0.25) is 4.98 Å². The first-order valence-corrected chi connectivity index (χ1v) is 7.18. The van der Waals surface area contributed by atoms with Gasteiger partial charge in [0.1, 0.15) is 0 Å². The van der Waals surface area contributed by atoms with Gasteiger partial charge in [-0.25, -0.2) is 0 Å². The minimum Gasteiger partial charge on any atom is -0.313 e. The van der Waals surface area contributed by atoms with Crippen LogP contribution in [0.3, 0.4) is 0 Å². The van der Waals surface area contributed by atoms with Gasteiger partial charge in [0.05, 0.1) is 0 Å². The van der Waals surface area contributed by atoms with Crippen molar-refractivity contribution < 1.29 is 0 Å². The van der Waals surface area contributed by atoms with Crippen LogP contribution in [0.2, 0.25) is 0 Å². The molecule has 0 aromatic carbocycles. The molecule has 4 heteroatoms. The Labute approximate surface area is 114 Å². The molecule has 0 fully saturated rings. The highest BCUT2D eigenvalue weighted by Gasteiger charge is 2.13. The summed E-state index contributed by atoms with van der Waals surface area (Å²) in [5.74, 6) is 0. The summed E-state index contributed by atoms with van der Waals surface area (Å²) in [5, 5.41) is 5.47. The lowest BCUT2D eigenvalue weighted by atomic mass is 10.0. The number of nitrogens with zero attached hydrogens (tertiary/aromatic N) is 1. The van der Waals surface area contributed by atoms with Crippen LogP contribution in [0.1, 0.15) is 22.0 Å². The minimum absolute atomic E-state index is 0.317. The highest BCUT2D eigenvalue weighted by Crippen LogP contribution is 2.28. The molecule has 2 nitrogen and oxygen atoms in total. The maximum atomic E-state index is 4.26. The molecule has 90 valence electrons. The second-order valence-electron chi connectivity index (χ2n) is 4.03. The molecule has 0 aliphatic rings. The highest BCUT2D eigenvalue weighted by atomic mass is 79.9. The van der Waals surface area contributed by atoms with Gasteiger partial charge in [0.15, 0.2) is 0 Å². The molecule has 0 bridgehead atoms. The molecular weight excluding hydrogens is 296 g/mol. The van der Waals surface area contributed by atoms with Crippen molar-refractivity contribution in [3.63, 3.8) is 0 Å². The molecule has 2 aromatic rings. The lowest BCUT2D eigenvalue weighted by Crippen LogP contribution is -2.18. The van der Waals surface area contributed by atoms with Crippen LogP contribution in [-0.4, -0.2) is 12.0 Å². The summed E-state index contributed by atoms with van der Waals surface area (Å²) < 4.78 is 1.20. The van der Waals surface area contributed by atoms with Crippen LogP contribution in [0.25, 0.3) is 0 Å². The van der Waals surface area contributed by atoms with E-state index in [1.165, 1.54) is 20.5 Å². The van der Waals surface area contributed by atoms with Crippen molar-refractivity contribution in [1.29, 1.82) is 0 Å². The van der Waals surface area contributed by atoms with Gasteiger partial charge in [0.25, 0.3) is 0 Å². The Morgan fingerprint density at radius 3 is 2.88 bits per heavy atom. The van der Waals surface area contributed by atoms with Crippen LogP contribution in [0.5, 0.6) is 0 Å². The fourth-order valence-electron chi connectivity index (χ4n) is 1.81. The predicted octanol–water partition coefficient (Wildman–Crippen LogP) is 3.72. The van der Waals surface area contributed by atoms with Crippen molar-refractivity contribution in [2.24, 2.45) is 0 Å². The van der Waals surface area contributed by atoms with E-state index in [-0.39, 0.29) is 0 Å². The van der Waals surface area contributed by atoms with Gasteiger partial charge in [0.2, 0.25) is 0 Å². The molecule has 0 aliphatic carbocycles. The molecule has 2 heterocycles. The zero-order chi connectivity index (χ0) is 12.3. The third-order valence-corrected chi connectivity index (χ3v) is 4.68. The number of likely N-dealkylation sites (N-methyl/N-ethyl adjacent to an activating group) is 1. The van der Waals surface area contributed by atoms with Crippen LogP contribution < -0.4 is 5.32 Å². The normalized spacial score (nSPS) is 12.6. The van der Waals surface area contributed by atoms with E-state index in [1.54, 1.807) is 11.3 Å². The summed E-state index contributed by atoms with van der Waals surface area (Å²) in [7, 11) is 1.99. The average molecular weight is 311 g/mol. The van der Waals surface area contributed by atoms with E-state index in [1.807, 2.05) is 19.4 Å². The monoisotopic (exact) mass is 310 g/mol. The fourth-order valence-corrected chi connectivity index (χ4v) is 3.37. The zero-order valence-corrected chi connectivity index (χ0v) is 12.3. The third kappa shape index (κ3) is 3.15. The number of aryl methyl sites for hydroxylation is 1. The van der Waals surface area contributed by atoms with E-state index >= 15 is 0 Å². The molecule has 0 radical (unpaired) electrons. The van der Waals surface area contributed by atoms with E-state index in [0.717, 1.165) is 6.42 Å². The van der Waals surface area contributed by atoms with Gasteiger partial charge in [-0.05, 0) is 52.5 Å². The number of thiophene rings is 1. The van der Waals surface area contributed by atoms with E-state index in [9.17, 15) is 0 Å². The highest BCUT2D eigenvalue weighted by molar-refractivity contribution is 9.10. The van der Waals surface area contributed by atoms with Gasteiger partial charge in [-0.1, -0.05) is 6.07 Å². The SMILES string of the molecule is CNC(Cc1sccc1Br)c1cncc(C)c1. The number of aromatic nitrogens is 1. The van der Waals surface area contributed by atoms with Crippen LogP contribution in [0.15, 0.2) is 34.4 Å². The standard InChI is InChI=1S/C13H15BrN2S/c1-9-5-10(8-16-7-9)12(15-2)6-13-11(14)3-4-17-13/h3-5,7-8,12,15H,6H2,1-2H3. The molecule has 1 unspecified atom stereocenters. The molecule has 1 N–H and O–H groups in total. The van der Waals surface area contributed by atoms with Gasteiger partial charge < -0.3 is 5.32 Å². The first kappa shape index (κ1) is 12.7. The van der Waals surface area contributed by atoms with Crippen molar-refractivity contribution >= 4 is 27.3 Å². The third-order valence-electron chi connectivity index (χ3n) is 2.73. The number of hydrogen-bond acceptors (Lipinski definition) is 3. The summed E-state index contributed by atoms with van der Waals surface area (Å²) in [6.45, 7) is 2.07. The maximum Gasteiger partial charge on any atom is 0.0382 e. The minimum atomic E-state index is 0.317. The van der Waals surface area contributed by atoms with Gasteiger partial charge in [-0.15, -0.1) is 11.3 Å². The molecule has 0 amide bonds. The molecule has 17 heavy (non-hydrogen) atoms. The van der Waals surface area contributed by atoms with Crippen molar-refractivity contribution in [2.45, 2.75) is 19.4 Å².